The van der Waals surface area contributed by atoms with E-state index in [9.17, 15) is 19.5 Å². The van der Waals surface area contributed by atoms with Gasteiger partial charge in [-0.2, -0.15) is 0 Å². The molecule has 10 nitrogen and oxygen atoms in total. The van der Waals surface area contributed by atoms with Crippen LogP contribution in [0.25, 0.3) is 11.1 Å². The molecule has 4 aromatic rings. The van der Waals surface area contributed by atoms with Crippen LogP contribution in [-0.2, 0) is 6.54 Å². The van der Waals surface area contributed by atoms with Crippen molar-refractivity contribution in [3.05, 3.63) is 107 Å². The second-order valence-electron chi connectivity index (χ2n) is 10.4. The number of aliphatic imine (C=N–C) groups is 1. The predicted octanol–water partition coefficient (Wildman–Crippen LogP) is 4.39. The van der Waals surface area contributed by atoms with Crippen molar-refractivity contribution in [1.29, 1.82) is 0 Å². The zero-order valence-corrected chi connectivity index (χ0v) is 23.4. The lowest BCUT2D eigenvalue weighted by Crippen LogP contribution is -2.22. The maximum atomic E-state index is 13.2. The van der Waals surface area contributed by atoms with Crippen molar-refractivity contribution in [3.63, 3.8) is 0 Å². The first-order chi connectivity index (χ1) is 20.0. The maximum absolute atomic E-state index is 13.2. The van der Waals surface area contributed by atoms with E-state index in [1.54, 1.807) is 87.2 Å². The molecule has 0 aliphatic rings. The van der Waals surface area contributed by atoms with Gasteiger partial charge in [0.1, 0.15) is 0 Å². The van der Waals surface area contributed by atoms with E-state index in [4.69, 9.17) is 15.9 Å². The van der Waals surface area contributed by atoms with Crippen molar-refractivity contribution >= 4 is 35.3 Å². The van der Waals surface area contributed by atoms with E-state index in [0.717, 1.165) is 5.56 Å². The van der Waals surface area contributed by atoms with Crippen LogP contribution in [0.3, 0.4) is 0 Å². The highest BCUT2D eigenvalue weighted by molar-refractivity contribution is 6.09. The largest absolute Gasteiger partial charge is 0.472 e. The lowest BCUT2D eigenvalue weighted by molar-refractivity contribution is 0.0738. The number of rotatable bonds is 11. The summed E-state index contributed by atoms with van der Waals surface area (Å²) in [7, 11) is 0. The van der Waals surface area contributed by atoms with E-state index in [2.05, 4.69) is 15.6 Å². The molecule has 0 aliphatic heterocycles. The fourth-order valence-corrected chi connectivity index (χ4v) is 4.08. The molecule has 0 aliphatic carbocycles. The zero-order chi connectivity index (χ0) is 30.3. The van der Waals surface area contributed by atoms with E-state index < -0.39 is 17.4 Å². The van der Waals surface area contributed by atoms with Crippen molar-refractivity contribution in [1.82, 2.24) is 5.32 Å². The second kappa shape index (κ2) is 13.0. The Hall–Kier alpha value is -5.22. The number of nitrogens with one attached hydrogen (secondary N) is 2. The quantitative estimate of drug-likeness (QED) is 0.133. The van der Waals surface area contributed by atoms with Crippen molar-refractivity contribution < 1.29 is 23.9 Å². The van der Waals surface area contributed by atoms with Crippen LogP contribution in [0.4, 0.5) is 11.4 Å². The molecule has 1 aromatic heterocycles. The number of furan rings is 1. The topological polar surface area (TPSA) is 173 Å². The van der Waals surface area contributed by atoms with Gasteiger partial charge in [0, 0.05) is 64.1 Å². The summed E-state index contributed by atoms with van der Waals surface area (Å²) in [6.45, 7) is 4.14. The highest BCUT2D eigenvalue weighted by Gasteiger charge is 2.16. The molecule has 0 spiro atoms. The minimum absolute atomic E-state index is 0.210. The Balaban J connectivity index is 1.63. The van der Waals surface area contributed by atoms with Crippen molar-refractivity contribution in [2.75, 3.05) is 17.6 Å². The van der Waals surface area contributed by atoms with Crippen LogP contribution in [0.5, 0.6) is 0 Å². The van der Waals surface area contributed by atoms with Crippen molar-refractivity contribution in [3.8, 4) is 11.1 Å². The lowest BCUT2D eigenvalue weighted by atomic mass is 9.98. The number of aliphatic hydroxyl groups is 1. The van der Waals surface area contributed by atoms with Gasteiger partial charge in [0.25, 0.3) is 11.8 Å². The Bertz CT molecular complexity index is 1600. The second-order valence-corrected chi connectivity index (χ2v) is 10.4. The first-order valence-corrected chi connectivity index (χ1v) is 13.3. The molecule has 3 amide bonds. The van der Waals surface area contributed by atoms with Gasteiger partial charge in [-0.05, 0) is 74.4 Å². The Kier molecular flexibility index (Phi) is 9.18. The molecule has 216 valence electrons. The molecular formula is C32H33N5O5. The normalized spacial score (nSPS) is 11.4. The molecule has 3 aromatic carbocycles. The van der Waals surface area contributed by atoms with Crippen molar-refractivity contribution in [2.45, 2.75) is 32.4 Å². The van der Waals surface area contributed by atoms with Gasteiger partial charge in [-0.15, -0.1) is 0 Å². The summed E-state index contributed by atoms with van der Waals surface area (Å²) in [6.07, 6.45) is 5.17. The average molecular weight is 568 g/mol. The van der Waals surface area contributed by atoms with Gasteiger partial charge in [-0.1, -0.05) is 18.2 Å². The number of amides is 3. The van der Waals surface area contributed by atoms with Crippen molar-refractivity contribution in [2.24, 2.45) is 10.7 Å². The summed E-state index contributed by atoms with van der Waals surface area (Å²) < 4.78 is 5.03. The molecule has 0 radical (unpaired) electrons. The SMILES string of the molecule is CC(C)(O)CCN=Cc1cc(NC(=O)c2cccc(C(N)=O)c2)c(-c2ccc(C(=O)NCc3ccoc3)cc2)cc1N. The fraction of sp³-hybridized carbons (Fsp3) is 0.188. The average Bonchev–Trinajstić information content (AvgIpc) is 3.49. The number of nitrogens with zero attached hydrogens (tertiary/aromatic N) is 1. The standard InChI is InChI=1S/C32H33N5O5/c1-32(2,41)11-12-35-18-25-15-28(37-31(40)24-5-3-4-23(14-24)29(34)38)26(16-27(25)33)21-6-8-22(9-7-21)30(39)36-17-20-10-13-42-19-20/h3-10,13-16,18-19,41H,11-12,17,33H2,1-2H3,(H2,34,38)(H,36,39)(H,37,40). The van der Waals surface area contributed by atoms with Crippen LogP contribution >= 0.6 is 0 Å². The smallest absolute Gasteiger partial charge is 0.255 e. The molecule has 0 bridgehead atoms. The van der Waals surface area contributed by atoms with Gasteiger partial charge >= 0.3 is 0 Å². The maximum Gasteiger partial charge on any atom is 0.255 e. The molecule has 0 unspecified atom stereocenters. The highest BCUT2D eigenvalue weighted by Crippen LogP contribution is 2.33. The van der Waals surface area contributed by atoms with Crippen LogP contribution in [0.1, 0.15) is 62.5 Å². The molecular weight excluding hydrogens is 534 g/mol. The summed E-state index contributed by atoms with van der Waals surface area (Å²) >= 11 is 0. The molecule has 0 saturated heterocycles. The molecule has 4 rings (SSSR count). The molecule has 0 fully saturated rings. The third-order valence-corrected chi connectivity index (χ3v) is 6.46. The van der Waals surface area contributed by atoms with Crippen LogP contribution in [0.2, 0.25) is 0 Å². The predicted molar refractivity (Wildman–Crippen MR) is 162 cm³/mol. The molecule has 1 heterocycles. The van der Waals surface area contributed by atoms with Crippen LogP contribution in [0, 0.1) is 0 Å². The number of anilines is 2. The van der Waals surface area contributed by atoms with E-state index in [1.165, 1.54) is 12.1 Å². The zero-order valence-electron chi connectivity index (χ0n) is 23.4. The van der Waals surface area contributed by atoms with Crippen LogP contribution < -0.4 is 22.1 Å². The Morgan fingerprint density at radius 3 is 2.38 bits per heavy atom. The van der Waals surface area contributed by atoms with Gasteiger partial charge in [-0.25, -0.2) is 0 Å². The minimum atomic E-state index is -0.854. The summed E-state index contributed by atoms with van der Waals surface area (Å²) in [5.41, 5.74) is 15.4. The van der Waals surface area contributed by atoms with E-state index >= 15 is 0 Å². The summed E-state index contributed by atoms with van der Waals surface area (Å²) in [5.74, 6) is -1.34. The first-order valence-electron chi connectivity index (χ1n) is 13.3. The van der Waals surface area contributed by atoms with E-state index in [0.29, 0.717) is 53.1 Å². The minimum Gasteiger partial charge on any atom is -0.472 e. The number of primary amides is 1. The lowest BCUT2D eigenvalue weighted by Gasteiger charge is -2.16. The third kappa shape index (κ3) is 7.92. The summed E-state index contributed by atoms with van der Waals surface area (Å²) in [4.78, 5) is 41.9. The Morgan fingerprint density at radius 1 is 0.976 bits per heavy atom. The van der Waals surface area contributed by atoms with Gasteiger partial charge < -0.3 is 31.6 Å². The van der Waals surface area contributed by atoms with Gasteiger partial charge in [-0.3, -0.25) is 19.4 Å². The fourth-order valence-electron chi connectivity index (χ4n) is 4.08. The number of nitrogen functional groups attached to an aromatic ring is 1. The monoisotopic (exact) mass is 567 g/mol. The number of carbonyl (C=O) groups excluding carboxylic acids is 3. The molecule has 7 N–H and O–H groups in total. The number of benzene rings is 3. The summed E-state index contributed by atoms with van der Waals surface area (Å²) in [5, 5.41) is 15.7. The Labute approximate surface area is 243 Å². The number of hydrogen-bond acceptors (Lipinski definition) is 7. The summed E-state index contributed by atoms with van der Waals surface area (Å²) in [6, 6.07) is 18.2. The molecule has 0 atom stereocenters. The molecule has 0 saturated carbocycles. The number of carbonyl (C=O) groups is 3. The van der Waals surface area contributed by atoms with Gasteiger partial charge in [0.2, 0.25) is 5.91 Å². The van der Waals surface area contributed by atoms with Gasteiger partial charge in [0.15, 0.2) is 0 Å². The highest BCUT2D eigenvalue weighted by atomic mass is 16.3. The van der Waals surface area contributed by atoms with E-state index in [1.807, 2.05) is 0 Å². The first kappa shape index (κ1) is 29.8. The van der Waals surface area contributed by atoms with E-state index in [-0.39, 0.29) is 17.0 Å². The third-order valence-electron chi connectivity index (χ3n) is 6.46. The molecule has 42 heavy (non-hydrogen) atoms. The Morgan fingerprint density at radius 2 is 1.71 bits per heavy atom. The van der Waals surface area contributed by atoms with Crippen LogP contribution in [-0.4, -0.2) is 41.2 Å². The number of nitrogens with two attached hydrogens (primary N) is 2. The van der Waals surface area contributed by atoms with Gasteiger partial charge in [0.05, 0.1) is 18.1 Å². The number of hydrogen-bond donors (Lipinski definition) is 5. The van der Waals surface area contributed by atoms with Crippen LogP contribution in [0.15, 0.2) is 88.7 Å². The molecule has 10 heteroatoms.